The van der Waals surface area contributed by atoms with E-state index in [1.165, 1.54) is 22.0 Å². The highest BCUT2D eigenvalue weighted by atomic mass is 35.5. The van der Waals surface area contributed by atoms with Crippen molar-refractivity contribution in [2.24, 2.45) is 5.92 Å². The van der Waals surface area contributed by atoms with Crippen LogP contribution in [0, 0.1) is 5.92 Å². The first-order valence-corrected chi connectivity index (χ1v) is 13.0. The number of benzene rings is 2. The normalized spacial score (nSPS) is 18.2. The minimum atomic E-state index is -3.69. The molecule has 172 valence electrons. The molecular weight excluding hydrogens is 448 g/mol. The molecule has 2 fully saturated rings. The number of carbonyl (C=O) groups excluding carboxylic acids is 1. The average molecular weight is 477 g/mol. The molecule has 6 nitrogen and oxygen atoms in total. The lowest BCUT2D eigenvalue weighted by Crippen LogP contribution is -2.38. The van der Waals surface area contributed by atoms with Gasteiger partial charge in [-0.15, -0.1) is 0 Å². The molecule has 2 aliphatic rings. The second-order valence-electron chi connectivity index (χ2n) is 8.70. The lowest BCUT2D eigenvalue weighted by molar-refractivity contribution is 0.0686. The summed E-state index contributed by atoms with van der Waals surface area (Å²) in [5, 5.41) is 9.55. The molecule has 0 radical (unpaired) electrons. The van der Waals surface area contributed by atoms with Gasteiger partial charge in [0.05, 0.1) is 5.02 Å². The Balaban J connectivity index is 1.37. The highest BCUT2D eigenvalue weighted by Gasteiger charge is 2.31. The van der Waals surface area contributed by atoms with E-state index in [-0.39, 0.29) is 21.6 Å². The predicted octanol–water partition coefficient (Wildman–Crippen LogP) is 4.32. The minimum absolute atomic E-state index is 0.0238. The highest BCUT2D eigenvalue weighted by Crippen LogP contribution is 2.29. The maximum absolute atomic E-state index is 13.1. The molecule has 2 aliphatic heterocycles. The number of amides is 1. The number of halogens is 1. The second-order valence-corrected chi connectivity index (χ2v) is 11.0. The van der Waals surface area contributed by atoms with Crippen molar-refractivity contribution in [1.29, 1.82) is 0 Å². The van der Waals surface area contributed by atoms with Crippen molar-refractivity contribution >= 4 is 27.5 Å². The van der Waals surface area contributed by atoms with Crippen molar-refractivity contribution in [3.8, 4) is 5.75 Å². The average Bonchev–Trinajstić information content (AvgIpc) is 3.35. The molecule has 0 bridgehead atoms. The molecule has 8 heteroatoms. The summed E-state index contributed by atoms with van der Waals surface area (Å²) in [7, 11) is -3.69. The number of nitrogens with zero attached hydrogens (tertiary/aromatic N) is 2. The SMILES string of the molecule is O=C(c1ccc(Cl)c(S(=O)(=O)N2CCCC2)c1)N1CCC(CCc2ccc(O)cc2)CC1. The zero-order chi connectivity index (χ0) is 22.7. The van der Waals surface area contributed by atoms with Crippen LogP contribution >= 0.6 is 11.6 Å². The summed E-state index contributed by atoms with van der Waals surface area (Å²) < 4.78 is 27.4. The van der Waals surface area contributed by atoms with Crippen LogP contribution in [0.5, 0.6) is 5.75 Å². The van der Waals surface area contributed by atoms with Crippen LogP contribution in [0.4, 0.5) is 0 Å². The lowest BCUT2D eigenvalue weighted by atomic mass is 9.90. The van der Waals surface area contributed by atoms with Gasteiger partial charge in [0.15, 0.2) is 0 Å². The van der Waals surface area contributed by atoms with Crippen molar-refractivity contribution in [3.05, 3.63) is 58.6 Å². The number of phenolic OH excluding ortho intramolecular Hbond substituents is 1. The summed E-state index contributed by atoms with van der Waals surface area (Å²) in [6.07, 6.45) is 5.54. The first kappa shape index (κ1) is 23.1. The van der Waals surface area contributed by atoms with Crippen molar-refractivity contribution in [2.45, 2.75) is 43.4 Å². The molecule has 0 aliphatic carbocycles. The maximum Gasteiger partial charge on any atom is 0.253 e. The summed E-state index contributed by atoms with van der Waals surface area (Å²) in [6, 6.07) is 11.9. The van der Waals surface area contributed by atoms with E-state index in [0.717, 1.165) is 38.5 Å². The largest absolute Gasteiger partial charge is 0.508 e. The highest BCUT2D eigenvalue weighted by molar-refractivity contribution is 7.89. The number of hydrogen-bond acceptors (Lipinski definition) is 4. The number of hydrogen-bond donors (Lipinski definition) is 1. The summed E-state index contributed by atoms with van der Waals surface area (Å²) in [4.78, 5) is 14.9. The van der Waals surface area contributed by atoms with Gasteiger partial charge in [0.25, 0.3) is 5.91 Å². The molecule has 2 heterocycles. The van der Waals surface area contributed by atoms with Gasteiger partial charge in [-0.3, -0.25) is 4.79 Å². The Hall–Kier alpha value is -2.09. The van der Waals surface area contributed by atoms with Gasteiger partial charge in [0.1, 0.15) is 10.6 Å². The predicted molar refractivity (Wildman–Crippen MR) is 125 cm³/mol. The molecule has 0 aromatic heterocycles. The van der Waals surface area contributed by atoms with Gasteiger partial charge >= 0.3 is 0 Å². The molecule has 1 N–H and O–H groups in total. The maximum atomic E-state index is 13.1. The Morgan fingerprint density at radius 2 is 1.66 bits per heavy atom. The van der Waals surface area contributed by atoms with Gasteiger partial charge in [-0.2, -0.15) is 4.31 Å². The van der Waals surface area contributed by atoms with E-state index in [4.69, 9.17) is 11.6 Å². The van der Waals surface area contributed by atoms with E-state index in [9.17, 15) is 18.3 Å². The monoisotopic (exact) mass is 476 g/mol. The number of phenols is 1. The first-order chi connectivity index (χ1) is 15.3. The van der Waals surface area contributed by atoms with Gasteiger partial charge in [0.2, 0.25) is 10.0 Å². The van der Waals surface area contributed by atoms with Gasteiger partial charge in [-0.1, -0.05) is 23.7 Å². The first-order valence-electron chi connectivity index (χ1n) is 11.2. The Labute approximate surface area is 194 Å². The molecule has 0 atom stereocenters. The van der Waals surface area contributed by atoms with Crippen molar-refractivity contribution in [2.75, 3.05) is 26.2 Å². The Kier molecular flexibility index (Phi) is 7.08. The summed E-state index contributed by atoms with van der Waals surface area (Å²) >= 11 is 6.22. The van der Waals surface area contributed by atoms with Gasteiger partial charge in [-0.05, 0) is 80.3 Å². The van der Waals surface area contributed by atoms with Crippen LogP contribution in [0.15, 0.2) is 47.4 Å². The number of sulfonamides is 1. The minimum Gasteiger partial charge on any atom is -0.508 e. The molecular formula is C24H29ClN2O4S. The van der Waals surface area contributed by atoms with E-state index >= 15 is 0 Å². The van der Waals surface area contributed by atoms with Crippen LogP contribution in [-0.4, -0.2) is 54.8 Å². The Morgan fingerprint density at radius 1 is 1.00 bits per heavy atom. The number of aryl methyl sites for hydroxylation is 1. The fourth-order valence-electron chi connectivity index (χ4n) is 4.54. The zero-order valence-electron chi connectivity index (χ0n) is 18.0. The molecule has 0 unspecified atom stereocenters. The molecule has 0 saturated carbocycles. The standard InChI is InChI=1S/C24H29ClN2O4S/c25-22-10-7-20(17-23(22)32(30,31)27-13-1-2-14-27)24(29)26-15-11-19(12-16-26)4-3-18-5-8-21(28)9-6-18/h5-10,17,19,28H,1-4,11-16H2. The van der Waals surface area contributed by atoms with Crippen LogP contribution < -0.4 is 0 Å². The van der Waals surface area contributed by atoms with E-state index in [1.54, 1.807) is 18.2 Å². The van der Waals surface area contributed by atoms with E-state index in [2.05, 4.69) is 0 Å². The quantitative estimate of drug-likeness (QED) is 0.673. The number of carbonyl (C=O) groups is 1. The smallest absolute Gasteiger partial charge is 0.253 e. The fraction of sp³-hybridized carbons (Fsp3) is 0.458. The molecule has 32 heavy (non-hydrogen) atoms. The molecule has 2 saturated heterocycles. The molecule has 0 spiro atoms. The number of rotatable bonds is 6. The number of likely N-dealkylation sites (tertiary alicyclic amines) is 1. The summed E-state index contributed by atoms with van der Waals surface area (Å²) in [6.45, 7) is 2.31. The fourth-order valence-corrected chi connectivity index (χ4v) is 6.56. The Morgan fingerprint density at radius 3 is 2.31 bits per heavy atom. The van der Waals surface area contributed by atoms with Crippen LogP contribution in [-0.2, 0) is 16.4 Å². The third kappa shape index (κ3) is 5.11. The van der Waals surface area contributed by atoms with Gasteiger partial charge in [-0.25, -0.2) is 8.42 Å². The van der Waals surface area contributed by atoms with Gasteiger partial charge in [0, 0.05) is 31.7 Å². The van der Waals surface area contributed by atoms with Crippen LogP contribution in [0.2, 0.25) is 5.02 Å². The summed E-state index contributed by atoms with van der Waals surface area (Å²) in [5.74, 6) is 0.680. The van der Waals surface area contributed by atoms with Crippen LogP contribution in [0.3, 0.4) is 0 Å². The molecule has 2 aromatic carbocycles. The summed E-state index contributed by atoms with van der Waals surface area (Å²) in [5.41, 5.74) is 1.57. The topological polar surface area (TPSA) is 77.9 Å². The molecule has 1 amide bonds. The number of aromatic hydroxyl groups is 1. The van der Waals surface area contributed by atoms with E-state index in [1.807, 2.05) is 17.0 Å². The third-order valence-electron chi connectivity index (χ3n) is 6.54. The molecule has 4 rings (SSSR count). The van der Waals surface area contributed by atoms with Crippen molar-refractivity contribution in [1.82, 2.24) is 9.21 Å². The second kappa shape index (κ2) is 9.81. The third-order valence-corrected chi connectivity index (χ3v) is 8.92. The van der Waals surface area contributed by atoms with E-state index in [0.29, 0.717) is 37.7 Å². The van der Waals surface area contributed by atoms with Crippen molar-refractivity contribution in [3.63, 3.8) is 0 Å². The van der Waals surface area contributed by atoms with E-state index < -0.39 is 10.0 Å². The Bertz CT molecular complexity index is 1060. The van der Waals surface area contributed by atoms with Crippen LogP contribution in [0.25, 0.3) is 0 Å². The van der Waals surface area contributed by atoms with Crippen molar-refractivity contribution < 1.29 is 18.3 Å². The zero-order valence-corrected chi connectivity index (χ0v) is 19.6. The van der Waals surface area contributed by atoms with Crippen LogP contribution in [0.1, 0.15) is 48.0 Å². The van der Waals surface area contributed by atoms with Gasteiger partial charge < -0.3 is 10.0 Å². The number of piperidine rings is 1. The lowest BCUT2D eigenvalue weighted by Gasteiger charge is -2.32. The molecule has 2 aromatic rings.